The molecule has 0 spiro atoms. The molecule has 2 N–H and O–H groups in total. The monoisotopic (exact) mass is 243 g/mol. The summed E-state index contributed by atoms with van der Waals surface area (Å²) in [7, 11) is 1.93. The van der Waals surface area contributed by atoms with E-state index >= 15 is 0 Å². The second-order valence-corrected chi connectivity index (χ2v) is 5.35. The summed E-state index contributed by atoms with van der Waals surface area (Å²) in [6.45, 7) is 11.7. The maximum atomic E-state index is 9.31. The van der Waals surface area contributed by atoms with E-state index < -0.39 is 0 Å². The van der Waals surface area contributed by atoms with Crippen LogP contribution in [0.4, 0.5) is 0 Å². The molecular formula is C13H29N3O. The summed E-state index contributed by atoms with van der Waals surface area (Å²) in [5.41, 5.74) is -0.106. The van der Waals surface area contributed by atoms with Gasteiger partial charge in [-0.15, -0.1) is 0 Å². The van der Waals surface area contributed by atoms with Crippen LogP contribution >= 0.6 is 0 Å². The summed E-state index contributed by atoms with van der Waals surface area (Å²) in [6, 6.07) is 0. The van der Waals surface area contributed by atoms with E-state index in [2.05, 4.69) is 29.0 Å². The summed E-state index contributed by atoms with van der Waals surface area (Å²) in [6.07, 6.45) is 2.19. The van der Waals surface area contributed by atoms with Crippen molar-refractivity contribution in [3.8, 4) is 0 Å². The van der Waals surface area contributed by atoms with Crippen molar-refractivity contribution >= 4 is 0 Å². The predicted octanol–water partition coefficient (Wildman–Crippen LogP) is 0.375. The quantitative estimate of drug-likeness (QED) is 0.678. The third-order valence-electron chi connectivity index (χ3n) is 4.07. The van der Waals surface area contributed by atoms with E-state index in [-0.39, 0.29) is 12.1 Å². The molecule has 4 heteroatoms. The first kappa shape index (κ1) is 14.9. The van der Waals surface area contributed by atoms with Crippen molar-refractivity contribution in [2.45, 2.75) is 32.2 Å². The molecule has 0 aliphatic carbocycles. The van der Waals surface area contributed by atoms with Crippen LogP contribution in [0.5, 0.6) is 0 Å². The van der Waals surface area contributed by atoms with Gasteiger partial charge >= 0.3 is 0 Å². The van der Waals surface area contributed by atoms with Crippen LogP contribution in [0.2, 0.25) is 0 Å². The van der Waals surface area contributed by atoms with Gasteiger partial charge in [-0.05, 0) is 39.9 Å². The highest BCUT2D eigenvalue weighted by atomic mass is 16.3. The Morgan fingerprint density at radius 1 is 1.18 bits per heavy atom. The largest absolute Gasteiger partial charge is 0.394 e. The lowest BCUT2D eigenvalue weighted by molar-refractivity contribution is 0.125. The lowest BCUT2D eigenvalue weighted by Gasteiger charge is -2.35. The van der Waals surface area contributed by atoms with Gasteiger partial charge in [-0.3, -0.25) is 0 Å². The van der Waals surface area contributed by atoms with Gasteiger partial charge in [-0.25, -0.2) is 0 Å². The molecule has 1 unspecified atom stereocenters. The van der Waals surface area contributed by atoms with Gasteiger partial charge in [0, 0.05) is 31.7 Å². The normalized spacial score (nSPS) is 22.6. The molecule has 1 saturated heterocycles. The highest BCUT2D eigenvalue weighted by Gasteiger charge is 2.21. The Bertz CT molecular complexity index is 199. The van der Waals surface area contributed by atoms with E-state index in [9.17, 15) is 5.11 Å². The second-order valence-electron chi connectivity index (χ2n) is 5.35. The Hall–Kier alpha value is -0.160. The number of hydrogen-bond donors (Lipinski definition) is 2. The standard InChI is InChI=1S/C13H29N3O/c1-4-15-8-10-16(11-9-15)7-5-6-13(2,12-17)14-3/h14,17H,4-12H2,1-3H3. The van der Waals surface area contributed by atoms with E-state index in [1.165, 1.54) is 32.7 Å². The van der Waals surface area contributed by atoms with E-state index in [1.54, 1.807) is 0 Å². The van der Waals surface area contributed by atoms with Crippen LogP contribution < -0.4 is 5.32 Å². The summed E-state index contributed by atoms with van der Waals surface area (Å²) in [5.74, 6) is 0. The van der Waals surface area contributed by atoms with Crippen LogP contribution in [-0.4, -0.2) is 73.4 Å². The maximum Gasteiger partial charge on any atom is 0.0610 e. The fourth-order valence-electron chi connectivity index (χ4n) is 2.31. The van der Waals surface area contributed by atoms with Gasteiger partial charge in [0.05, 0.1) is 6.61 Å². The Balaban J connectivity index is 2.15. The lowest BCUT2D eigenvalue weighted by Crippen LogP contribution is -2.47. The molecule has 0 saturated carbocycles. The third kappa shape index (κ3) is 4.92. The highest BCUT2D eigenvalue weighted by molar-refractivity contribution is 4.81. The minimum absolute atomic E-state index is 0.106. The zero-order valence-corrected chi connectivity index (χ0v) is 11.7. The van der Waals surface area contributed by atoms with Gasteiger partial charge in [0.2, 0.25) is 0 Å². The average molecular weight is 243 g/mol. The number of rotatable bonds is 7. The first-order valence-corrected chi connectivity index (χ1v) is 6.88. The Labute approximate surface area is 106 Å². The summed E-state index contributed by atoms with van der Waals surface area (Å²) < 4.78 is 0. The lowest BCUT2D eigenvalue weighted by atomic mass is 9.97. The van der Waals surface area contributed by atoms with Crippen LogP contribution in [-0.2, 0) is 0 Å². The minimum atomic E-state index is -0.106. The number of nitrogens with one attached hydrogen (secondary N) is 1. The van der Waals surface area contributed by atoms with Crippen LogP contribution in [0.15, 0.2) is 0 Å². The summed E-state index contributed by atoms with van der Waals surface area (Å²) in [5, 5.41) is 12.5. The van der Waals surface area contributed by atoms with Gasteiger partial charge < -0.3 is 20.2 Å². The molecule has 1 aliphatic heterocycles. The Kier molecular flexibility index (Phi) is 6.41. The molecule has 1 atom stereocenters. The number of hydrogen-bond acceptors (Lipinski definition) is 4. The molecule has 0 aromatic rings. The first-order valence-electron chi connectivity index (χ1n) is 6.88. The molecule has 0 aromatic carbocycles. The van der Waals surface area contributed by atoms with Crippen molar-refractivity contribution in [2.75, 3.05) is 52.9 Å². The van der Waals surface area contributed by atoms with Crippen molar-refractivity contribution < 1.29 is 5.11 Å². The van der Waals surface area contributed by atoms with Crippen molar-refractivity contribution in [3.63, 3.8) is 0 Å². The third-order valence-corrected chi connectivity index (χ3v) is 4.07. The van der Waals surface area contributed by atoms with Gasteiger partial charge in [0.15, 0.2) is 0 Å². The van der Waals surface area contributed by atoms with Gasteiger partial charge in [0.25, 0.3) is 0 Å². The predicted molar refractivity (Wildman–Crippen MR) is 72.3 cm³/mol. The smallest absolute Gasteiger partial charge is 0.0610 e. The highest BCUT2D eigenvalue weighted by Crippen LogP contribution is 2.12. The van der Waals surface area contributed by atoms with Crippen LogP contribution in [0, 0.1) is 0 Å². The molecule has 102 valence electrons. The SMILES string of the molecule is CCN1CCN(CCCC(C)(CO)NC)CC1. The summed E-state index contributed by atoms with van der Waals surface area (Å²) in [4.78, 5) is 5.04. The molecule has 1 aliphatic rings. The van der Waals surface area contributed by atoms with E-state index in [4.69, 9.17) is 0 Å². The van der Waals surface area contributed by atoms with E-state index in [1.807, 2.05) is 7.05 Å². The topological polar surface area (TPSA) is 38.7 Å². The number of aliphatic hydroxyl groups excluding tert-OH is 1. The number of piperazine rings is 1. The molecule has 0 bridgehead atoms. The molecule has 1 fully saturated rings. The maximum absolute atomic E-state index is 9.31. The average Bonchev–Trinajstić information content (AvgIpc) is 2.39. The van der Waals surface area contributed by atoms with Crippen LogP contribution in [0.3, 0.4) is 0 Å². The molecule has 4 nitrogen and oxygen atoms in total. The molecule has 1 rings (SSSR count). The van der Waals surface area contributed by atoms with Crippen LogP contribution in [0.25, 0.3) is 0 Å². The van der Waals surface area contributed by atoms with Crippen LogP contribution in [0.1, 0.15) is 26.7 Å². The molecule has 0 amide bonds. The molecule has 17 heavy (non-hydrogen) atoms. The van der Waals surface area contributed by atoms with Crippen molar-refractivity contribution in [3.05, 3.63) is 0 Å². The van der Waals surface area contributed by atoms with Gasteiger partial charge in [0.1, 0.15) is 0 Å². The fraction of sp³-hybridized carbons (Fsp3) is 1.00. The molecule has 0 radical (unpaired) electrons. The van der Waals surface area contributed by atoms with Crippen molar-refractivity contribution in [2.24, 2.45) is 0 Å². The number of likely N-dealkylation sites (N-methyl/N-ethyl adjacent to an activating group) is 2. The fourth-order valence-corrected chi connectivity index (χ4v) is 2.31. The molecule has 0 aromatic heterocycles. The minimum Gasteiger partial charge on any atom is -0.394 e. The van der Waals surface area contributed by atoms with Gasteiger partial charge in [-0.1, -0.05) is 6.92 Å². The van der Waals surface area contributed by atoms with Crippen molar-refractivity contribution in [1.82, 2.24) is 15.1 Å². The zero-order chi connectivity index (χ0) is 12.7. The zero-order valence-electron chi connectivity index (χ0n) is 11.7. The second kappa shape index (κ2) is 7.31. The van der Waals surface area contributed by atoms with Gasteiger partial charge in [-0.2, -0.15) is 0 Å². The molecule has 1 heterocycles. The van der Waals surface area contributed by atoms with E-state index in [0.717, 1.165) is 19.4 Å². The number of aliphatic hydroxyl groups is 1. The molecular weight excluding hydrogens is 214 g/mol. The van der Waals surface area contributed by atoms with Crippen molar-refractivity contribution in [1.29, 1.82) is 0 Å². The Morgan fingerprint density at radius 3 is 2.24 bits per heavy atom. The Morgan fingerprint density at radius 2 is 1.76 bits per heavy atom. The number of nitrogens with zero attached hydrogens (tertiary/aromatic N) is 2. The van der Waals surface area contributed by atoms with E-state index in [0.29, 0.717) is 0 Å². The first-order chi connectivity index (χ1) is 8.13. The summed E-state index contributed by atoms with van der Waals surface area (Å²) >= 11 is 0.